The number of nitrogens with two attached hydrogens (primary N) is 1. The zero-order valence-electron chi connectivity index (χ0n) is 10.7. The van der Waals surface area contributed by atoms with Crippen LogP contribution in [0.4, 0.5) is 0 Å². The minimum Gasteiger partial charge on any atom is -0.329 e. The molecule has 0 bridgehead atoms. The van der Waals surface area contributed by atoms with Crippen LogP contribution in [0.2, 0.25) is 0 Å². The van der Waals surface area contributed by atoms with Crippen LogP contribution in [0.3, 0.4) is 0 Å². The number of piperazine rings is 1. The Bertz CT molecular complexity index is 88.5. The van der Waals surface area contributed by atoms with Gasteiger partial charge in [-0.25, -0.2) is 0 Å². The van der Waals surface area contributed by atoms with Gasteiger partial charge in [0, 0.05) is 39.3 Å². The number of likely N-dealkylation sites (N-methyl/N-ethyl adjacent to an activating group) is 1. The Labute approximate surface area is 90.3 Å². The Morgan fingerprint density at radius 1 is 0.929 bits per heavy atom. The van der Waals surface area contributed by atoms with E-state index in [1.54, 1.807) is 0 Å². The summed E-state index contributed by atoms with van der Waals surface area (Å²) in [5.74, 6) is 0. The maximum Gasteiger partial charge on any atom is 0.0110 e. The molecule has 1 aliphatic rings. The molecular weight excluding hydrogens is 174 g/mol. The van der Waals surface area contributed by atoms with Gasteiger partial charge in [0.25, 0.3) is 0 Å². The van der Waals surface area contributed by atoms with Gasteiger partial charge >= 0.3 is 0 Å². The fourth-order valence-corrected chi connectivity index (χ4v) is 1.25. The fraction of sp³-hybridized carbons (Fsp3) is 1.00. The standard InChI is InChI=1S/C7H17N3.2C2H6/c1-9-4-6-10(3-2-8)7-5-9;2*1-2/h2-8H2,1H3;2*1-2H3. The van der Waals surface area contributed by atoms with Gasteiger partial charge in [-0.1, -0.05) is 27.7 Å². The highest BCUT2D eigenvalue weighted by Crippen LogP contribution is 1.96. The maximum absolute atomic E-state index is 5.44. The molecule has 0 aromatic carbocycles. The first-order valence-electron chi connectivity index (χ1n) is 5.94. The predicted octanol–water partition coefficient (Wildman–Crippen LogP) is 1.24. The van der Waals surface area contributed by atoms with E-state index in [9.17, 15) is 0 Å². The molecule has 0 aromatic rings. The second-order valence-electron chi connectivity index (χ2n) is 2.93. The molecule has 1 heterocycles. The molecular formula is C11H29N3. The number of hydrogen-bond acceptors (Lipinski definition) is 3. The largest absolute Gasteiger partial charge is 0.329 e. The third kappa shape index (κ3) is 8.48. The number of nitrogens with zero attached hydrogens (tertiary/aromatic N) is 2. The molecule has 1 rings (SSSR count). The summed E-state index contributed by atoms with van der Waals surface area (Å²) in [7, 11) is 2.17. The molecule has 0 radical (unpaired) electrons. The smallest absolute Gasteiger partial charge is 0.0110 e. The number of hydrogen-bond donors (Lipinski definition) is 1. The zero-order valence-corrected chi connectivity index (χ0v) is 10.7. The SMILES string of the molecule is CC.CC.CN1CCN(CCN)CC1. The molecule has 0 spiro atoms. The normalized spacial score (nSPS) is 17.6. The Kier molecular flexibility index (Phi) is 15.0. The van der Waals surface area contributed by atoms with E-state index in [-0.39, 0.29) is 0 Å². The summed E-state index contributed by atoms with van der Waals surface area (Å²) in [5, 5.41) is 0. The molecule has 3 heteroatoms. The Hall–Kier alpha value is -0.120. The van der Waals surface area contributed by atoms with Crippen molar-refractivity contribution in [3.8, 4) is 0 Å². The molecule has 0 amide bonds. The first kappa shape index (κ1) is 16.3. The summed E-state index contributed by atoms with van der Waals surface area (Å²) in [6.07, 6.45) is 0. The third-order valence-electron chi connectivity index (χ3n) is 2.04. The predicted molar refractivity (Wildman–Crippen MR) is 65.7 cm³/mol. The summed E-state index contributed by atoms with van der Waals surface area (Å²) >= 11 is 0. The van der Waals surface area contributed by atoms with Gasteiger partial charge in [-0.05, 0) is 7.05 Å². The molecule has 88 valence electrons. The summed E-state index contributed by atoms with van der Waals surface area (Å²) in [4.78, 5) is 4.77. The molecule has 3 nitrogen and oxygen atoms in total. The lowest BCUT2D eigenvalue weighted by atomic mass is 10.3. The van der Waals surface area contributed by atoms with Crippen LogP contribution in [0, 0.1) is 0 Å². The first-order chi connectivity index (χ1) is 6.83. The van der Waals surface area contributed by atoms with Crippen LogP contribution in [-0.4, -0.2) is 56.1 Å². The van der Waals surface area contributed by atoms with Crippen molar-refractivity contribution in [1.82, 2.24) is 9.80 Å². The van der Waals surface area contributed by atoms with Crippen LogP contribution >= 0.6 is 0 Å². The van der Waals surface area contributed by atoms with Crippen molar-refractivity contribution in [1.29, 1.82) is 0 Å². The monoisotopic (exact) mass is 203 g/mol. The van der Waals surface area contributed by atoms with Crippen molar-refractivity contribution in [3.63, 3.8) is 0 Å². The van der Waals surface area contributed by atoms with Crippen LogP contribution in [0.1, 0.15) is 27.7 Å². The lowest BCUT2D eigenvalue weighted by Crippen LogP contribution is -2.45. The molecule has 2 N–H and O–H groups in total. The van der Waals surface area contributed by atoms with Crippen LogP contribution in [0.25, 0.3) is 0 Å². The van der Waals surface area contributed by atoms with E-state index in [0.717, 1.165) is 13.1 Å². The topological polar surface area (TPSA) is 32.5 Å². The van der Waals surface area contributed by atoms with E-state index in [0.29, 0.717) is 0 Å². The van der Waals surface area contributed by atoms with Crippen molar-refractivity contribution >= 4 is 0 Å². The van der Waals surface area contributed by atoms with Crippen molar-refractivity contribution in [2.24, 2.45) is 5.73 Å². The molecule has 0 aromatic heterocycles. The van der Waals surface area contributed by atoms with Gasteiger partial charge in [0.05, 0.1) is 0 Å². The van der Waals surface area contributed by atoms with E-state index in [4.69, 9.17) is 5.73 Å². The van der Waals surface area contributed by atoms with E-state index in [2.05, 4.69) is 16.8 Å². The van der Waals surface area contributed by atoms with Crippen molar-refractivity contribution < 1.29 is 0 Å². The first-order valence-corrected chi connectivity index (χ1v) is 5.94. The lowest BCUT2D eigenvalue weighted by Gasteiger charge is -2.31. The van der Waals surface area contributed by atoms with Gasteiger partial charge in [0.1, 0.15) is 0 Å². The van der Waals surface area contributed by atoms with Gasteiger partial charge in [-0.2, -0.15) is 0 Å². The molecule has 1 fully saturated rings. The van der Waals surface area contributed by atoms with Crippen molar-refractivity contribution in [2.75, 3.05) is 46.3 Å². The second kappa shape index (κ2) is 12.9. The lowest BCUT2D eigenvalue weighted by molar-refractivity contribution is 0.157. The van der Waals surface area contributed by atoms with E-state index in [1.807, 2.05) is 27.7 Å². The van der Waals surface area contributed by atoms with Crippen LogP contribution in [0.5, 0.6) is 0 Å². The fourth-order valence-electron chi connectivity index (χ4n) is 1.25. The average molecular weight is 203 g/mol. The highest BCUT2D eigenvalue weighted by molar-refractivity contribution is 4.68. The zero-order chi connectivity index (χ0) is 11.4. The van der Waals surface area contributed by atoms with Gasteiger partial charge in [-0.3, -0.25) is 4.90 Å². The highest BCUT2D eigenvalue weighted by atomic mass is 15.2. The average Bonchev–Trinajstić information content (AvgIpc) is 2.28. The Morgan fingerprint density at radius 3 is 1.71 bits per heavy atom. The minimum absolute atomic E-state index is 0.795. The third-order valence-corrected chi connectivity index (χ3v) is 2.04. The Morgan fingerprint density at radius 2 is 1.36 bits per heavy atom. The summed E-state index contributed by atoms with van der Waals surface area (Å²) in [5.41, 5.74) is 5.44. The highest BCUT2D eigenvalue weighted by Gasteiger charge is 2.11. The van der Waals surface area contributed by atoms with Crippen LogP contribution in [0.15, 0.2) is 0 Å². The Balaban J connectivity index is 0. The van der Waals surface area contributed by atoms with E-state index in [1.165, 1.54) is 26.2 Å². The summed E-state index contributed by atoms with van der Waals surface area (Å²) in [6, 6.07) is 0. The summed E-state index contributed by atoms with van der Waals surface area (Å²) in [6.45, 7) is 14.6. The van der Waals surface area contributed by atoms with E-state index < -0.39 is 0 Å². The van der Waals surface area contributed by atoms with E-state index >= 15 is 0 Å². The van der Waals surface area contributed by atoms with Crippen LogP contribution < -0.4 is 5.73 Å². The second-order valence-corrected chi connectivity index (χ2v) is 2.93. The minimum atomic E-state index is 0.795. The molecule has 0 atom stereocenters. The van der Waals surface area contributed by atoms with Crippen molar-refractivity contribution in [2.45, 2.75) is 27.7 Å². The maximum atomic E-state index is 5.44. The van der Waals surface area contributed by atoms with Crippen molar-refractivity contribution in [3.05, 3.63) is 0 Å². The van der Waals surface area contributed by atoms with Crippen LogP contribution in [-0.2, 0) is 0 Å². The number of rotatable bonds is 2. The molecule has 14 heavy (non-hydrogen) atoms. The van der Waals surface area contributed by atoms with Gasteiger partial charge in [0.15, 0.2) is 0 Å². The molecule has 1 saturated heterocycles. The molecule has 0 unspecified atom stereocenters. The van der Waals surface area contributed by atoms with Gasteiger partial charge in [0.2, 0.25) is 0 Å². The summed E-state index contributed by atoms with van der Waals surface area (Å²) < 4.78 is 0. The van der Waals surface area contributed by atoms with Gasteiger partial charge in [-0.15, -0.1) is 0 Å². The van der Waals surface area contributed by atoms with Gasteiger partial charge < -0.3 is 10.6 Å². The molecule has 1 aliphatic heterocycles. The molecule has 0 saturated carbocycles. The quantitative estimate of drug-likeness (QED) is 0.733. The molecule has 0 aliphatic carbocycles.